The summed E-state index contributed by atoms with van der Waals surface area (Å²) in [6.45, 7) is 3.69. The summed E-state index contributed by atoms with van der Waals surface area (Å²) in [6, 6.07) is 0. The Labute approximate surface area is 95.4 Å². The number of carbonyl (C=O) groups excluding carboxylic acids is 1. The van der Waals surface area contributed by atoms with Crippen LogP contribution in [-0.2, 0) is 14.3 Å². The second kappa shape index (κ2) is 8.10. The predicted octanol–water partition coefficient (Wildman–Crippen LogP) is 1.33. The molecule has 0 saturated carbocycles. The first-order valence-corrected chi connectivity index (χ1v) is 5.55. The summed E-state index contributed by atoms with van der Waals surface area (Å²) < 4.78 is 4.98. The number of carboxylic acid groups (broad SMARTS) is 1. The molecule has 0 aliphatic rings. The van der Waals surface area contributed by atoms with E-state index in [0.717, 1.165) is 6.42 Å². The Morgan fingerprint density at radius 2 is 2.00 bits per heavy atom. The minimum atomic E-state index is -0.894. The lowest BCUT2D eigenvalue weighted by molar-refractivity contribution is -0.150. The van der Waals surface area contributed by atoms with Crippen LogP contribution >= 0.6 is 0 Å². The molecule has 2 atom stereocenters. The van der Waals surface area contributed by atoms with Gasteiger partial charge in [-0.1, -0.05) is 6.92 Å². The number of ether oxygens (including phenoxy) is 1. The summed E-state index contributed by atoms with van der Waals surface area (Å²) >= 11 is 0. The van der Waals surface area contributed by atoms with Crippen LogP contribution in [0.25, 0.3) is 0 Å². The zero-order valence-electron chi connectivity index (χ0n) is 9.81. The first kappa shape index (κ1) is 14.9. The molecule has 0 aromatic heterocycles. The highest BCUT2D eigenvalue weighted by atomic mass is 16.5. The van der Waals surface area contributed by atoms with Crippen molar-refractivity contribution >= 4 is 11.9 Å². The second-order valence-electron chi connectivity index (χ2n) is 3.85. The zero-order chi connectivity index (χ0) is 12.6. The summed E-state index contributed by atoms with van der Waals surface area (Å²) in [5.41, 5.74) is 0. The minimum absolute atomic E-state index is 0.0114. The van der Waals surface area contributed by atoms with Crippen LogP contribution in [0.2, 0.25) is 0 Å². The molecule has 0 rings (SSSR count). The van der Waals surface area contributed by atoms with Gasteiger partial charge in [0.15, 0.2) is 0 Å². The SMILES string of the molecule is CCC(C)OC(=O)CC(O)CCCC(=O)O. The molecule has 0 aromatic rings. The van der Waals surface area contributed by atoms with Crippen LogP contribution in [0.4, 0.5) is 0 Å². The van der Waals surface area contributed by atoms with Crippen molar-refractivity contribution < 1.29 is 24.5 Å². The molecule has 0 aromatic carbocycles. The number of aliphatic hydroxyl groups is 1. The fraction of sp³-hybridized carbons (Fsp3) is 0.818. The van der Waals surface area contributed by atoms with E-state index >= 15 is 0 Å². The highest BCUT2D eigenvalue weighted by Gasteiger charge is 2.14. The van der Waals surface area contributed by atoms with Crippen LogP contribution in [0.15, 0.2) is 0 Å². The molecular formula is C11H20O5. The molecule has 2 N–H and O–H groups in total. The Hall–Kier alpha value is -1.10. The van der Waals surface area contributed by atoms with Crippen molar-refractivity contribution in [3.8, 4) is 0 Å². The highest BCUT2D eigenvalue weighted by molar-refractivity contribution is 5.70. The van der Waals surface area contributed by atoms with Gasteiger partial charge in [-0.3, -0.25) is 9.59 Å². The maximum absolute atomic E-state index is 11.2. The van der Waals surface area contributed by atoms with Crippen molar-refractivity contribution in [3.05, 3.63) is 0 Å². The van der Waals surface area contributed by atoms with Gasteiger partial charge in [-0.25, -0.2) is 0 Å². The van der Waals surface area contributed by atoms with Gasteiger partial charge in [0.1, 0.15) is 0 Å². The summed E-state index contributed by atoms with van der Waals surface area (Å²) in [6.07, 6.45) is 0.409. The highest BCUT2D eigenvalue weighted by Crippen LogP contribution is 2.07. The molecule has 0 bridgehead atoms. The molecule has 5 nitrogen and oxygen atoms in total. The third-order valence-electron chi connectivity index (χ3n) is 2.24. The fourth-order valence-electron chi connectivity index (χ4n) is 1.14. The van der Waals surface area contributed by atoms with Gasteiger partial charge < -0.3 is 14.9 Å². The summed E-state index contributed by atoms with van der Waals surface area (Å²) in [7, 11) is 0. The van der Waals surface area contributed by atoms with Gasteiger partial charge in [0.2, 0.25) is 0 Å². The number of aliphatic hydroxyl groups excluding tert-OH is 1. The Balaban J connectivity index is 3.65. The third kappa shape index (κ3) is 8.23. The van der Waals surface area contributed by atoms with Crippen molar-refractivity contribution in [1.29, 1.82) is 0 Å². The molecule has 0 amide bonds. The monoisotopic (exact) mass is 232 g/mol. The largest absolute Gasteiger partial charge is 0.481 e. The van der Waals surface area contributed by atoms with Crippen LogP contribution in [-0.4, -0.2) is 34.4 Å². The van der Waals surface area contributed by atoms with E-state index in [0.29, 0.717) is 12.8 Å². The van der Waals surface area contributed by atoms with E-state index in [9.17, 15) is 14.7 Å². The number of hydrogen-bond acceptors (Lipinski definition) is 4. The number of hydrogen-bond donors (Lipinski definition) is 2. The standard InChI is InChI=1S/C11H20O5/c1-3-8(2)16-11(15)7-9(12)5-4-6-10(13)14/h8-9,12H,3-7H2,1-2H3,(H,13,14). The van der Waals surface area contributed by atoms with Gasteiger partial charge in [-0.15, -0.1) is 0 Å². The maximum atomic E-state index is 11.2. The van der Waals surface area contributed by atoms with E-state index in [2.05, 4.69) is 0 Å². The molecule has 0 spiro atoms. The quantitative estimate of drug-likeness (QED) is 0.617. The zero-order valence-corrected chi connectivity index (χ0v) is 9.81. The summed E-state index contributed by atoms with van der Waals surface area (Å²) in [5, 5.41) is 17.8. The number of carbonyl (C=O) groups is 2. The predicted molar refractivity (Wildman–Crippen MR) is 58.0 cm³/mol. The Kier molecular flexibility index (Phi) is 7.54. The normalized spacial score (nSPS) is 14.2. The molecule has 0 aliphatic heterocycles. The molecule has 94 valence electrons. The average Bonchev–Trinajstić information content (AvgIpc) is 2.16. The topological polar surface area (TPSA) is 83.8 Å². The minimum Gasteiger partial charge on any atom is -0.481 e. The van der Waals surface area contributed by atoms with Crippen LogP contribution in [0.3, 0.4) is 0 Å². The molecule has 16 heavy (non-hydrogen) atoms. The number of carboxylic acids is 1. The van der Waals surface area contributed by atoms with Crippen molar-refractivity contribution in [2.45, 2.75) is 58.2 Å². The molecule has 0 saturated heterocycles. The molecule has 0 aliphatic carbocycles. The molecule has 0 radical (unpaired) electrons. The molecular weight excluding hydrogens is 212 g/mol. The first-order valence-electron chi connectivity index (χ1n) is 5.55. The van der Waals surface area contributed by atoms with E-state index in [4.69, 9.17) is 9.84 Å². The van der Waals surface area contributed by atoms with Crippen molar-refractivity contribution in [2.24, 2.45) is 0 Å². The maximum Gasteiger partial charge on any atom is 0.308 e. The Morgan fingerprint density at radius 1 is 1.38 bits per heavy atom. The fourth-order valence-corrected chi connectivity index (χ4v) is 1.14. The number of aliphatic carboxylic acids is 1. The van der Waals surface area contributed by atoms with Crippen molar-refractivity contribution in [2.75, 3.05) is 0 Å². The van der Waals surface area contributed by atoms with E-state index in [1.54, 1.807) is 6.92 Å². The van der Waals surface area contributed by atoms with Crippen molar-refractivity contribution in [1.82, 2.24) is 0 Å². The summed E-state index contributed by atoms with van der Waals surface area (Å²) in [5.74, 6) is -1.33. The summed E-state index contributed by atoms with van der Waals surface area (Å²) in [4.78, 5) is 21.4. The Morgan fingerprint density at radius 3 is 2.50 bits per heavy atom. The van der Waals surface area contributed by atoms with Crippen LogP contribution < -0.4 is 0 Å². The molecule has 2 unspecified atom stereocenters. The van der Waals surface area contributed by atoms with Crippen LogP contribution in [0.5, 0.6) is 0 Å². The van der Waals surface area contributed by atoms with E-state index in [1.807, 2.05) is 6.92 Å². The van der Waals surface area contributed by atoms with Gasteiger partial charge in [-0.2, -0.15) is 0 Å². The number of esters is 1. The third-order valence-corrected chi connectivity index (χ3v) is 2.24. The molecule has 0 fully saturated rings. The molecule has 0 heterocycles. The Bertz CT molecular complexity index is 226. The van der Waals surface area contributed by atoms with E-state index in [-0.39, 0.29) is 18.9 Å². The lowest BCUT2D eigenvalue weighted by Crippen LogP contribution is -2.20. The van der Waals surface area contributed by atoms with Gasteiger partial charge in [-0.05, 0) is 26.2 Å². The lowest BCUT2D eigenvalue weighted by atomic mass is 10.1. The van der Waals surface area contributed by atoms with E-state index in [1.165, 1.54) is 0 Å². The van der Waals surface area contributed by atoms with Gasteiger partial charge >= 0.3 is 11.9 Å². The second-order valence-corrected chi connectivity index (χ2v) is 3.85. The smallest absolute Gasteiger partial charge is 0.308 e. The van der Waals surface area contributed by atoms with Crippen LogP contribution in [0, 0.1) is 0 Å². The molecule has 5 heteroatoms. The number of rotatable bonds is 8. The lowest BCUT2D eigenvalue weighted by Gasteiger charge is -2.13. The van der Waals surface area contributed by atoms with E-state index < -0.39 is 18.0 Å². The average molecular weight is 232 g/mol. The van der Waals surface area contributed by atoms with Crippen LogP contribution in [0.1, 0.15) is 46.0 Å². The van der Waals surface area contributed by atoms with Gasteiger partial charge in [0.05, 0.1) is 18.6 Å². The van der Waals surface area contributed by atoms with Crippen molar-refractivity contribution in [3.63, 3.8) is 0 Å². The van der Waals surface area contributed by atoms with Gasteiger partial charge in [0.25, 0.3) is 0 Å². The first-order chi connectivity index (χ1) is 7.45. The van der Waals surface area contributed by atoms with Gasteiger partial charge in [0, 0.05) is 6.42 Å².